The summed E-state index contributed by atoms with van der Waals surface area (Å²) in [6, 6.07) is 5.03. The summed E-state index contributed by atoms with van der Waals surface area (Å²) >= 11 is 7.08. The molecule has 5 nitrogen and oxygen atoms in total. The van der Waals surface area contributed by atoms with E-state index in [-0.39, 0.29) is 23.0 Å². The molecule has 2 heterocycles. The van der Waals surface area contributed by atoms with Crippen molar-refractivity contribution in [2.75, 3.05) is 5.32 Å². The number of hydrogen-bond acceptors (Lipinski definition) is 4. The fraction of sp³-hybridized carbons (Fsp3) is 0.214. The van der Waals surface area contributed by atoms with Crippen molar-refractivity contribution in [3.8, 4) is 0 Å². The smallest absolute Gasteiger partial charge is 0.256 e. The number of carbonyl (C=O) groups excluding carboxylic acids is 2. The van der Waals surface area contributed by atoms with Gasteiger partial charge in [-0.05, 0) is 36.4 Å². The van der Waals surface area contributed by atoms with Gasteiger partial charge >= 0.3 is 0 Å². The van der Waals surface area contributed by atoms with Crippen LogP contribution in [0.1, 0.15) is 33.6 Å². The van der Waals surface area contributed by atoms with Crippen molar-refractivity contribution in [3.63, 3.8) is 0 Å². The Morgan fingerprint density at radius 2 is 2.10 bits per heavy atom. The third-order valence-electron chi connectivity index (χ3n) is 3.04. The predicted octanol–water partition coefficient (Wildman–Crippen LogP) is 2.94. The van der Waals surface area contributed by atoms with Gasteiger partial charge in [0.15, 0.2) is 0 Å². The second kappa shape index (κ2) is 5.83. The lowest BCUT2D eigenvalue weighted by Crippen LogP contribution is -2.26. The lowest BCUT2D eigenvalue weighted by Gasteiger charge is -2.07. The Hall–Kier alpha value is -1.92. The van der Waals surface area contributed by atoms with Gasteiger partial charge in [-0.1, -0.05) is 11.6 Å². The molecular formula is C14H12ClN3O2S. The quantitative estimate of drug-likeness (QED) is 0.850. The summed E-state index contributed by atoms with van der Waals surface area (Å²) in [6.07, 6.45) is 3.51. The van der Waals surface area contributed by atoms with E-state index in [0.29, 0.717) is 16.1 Å². The van der Waals surface area contributed by atoms with E-state index in [9.17, 15) is 9.59 Å². The van der Waals surface area contributed by atoms with Gasteiger partial charge in [0.1, 0.15) is 10.2 Å². The number of nitrogens with zero attached hydrogens (tertiary/aromatic N) is 1. The lowest BCUT2D eigenvalue weighted by molar-refractivity contribution is 0.0952. The molecule has 0 aromatic carbocycles. The molecule has 0 unspecified atom stereocenters. The largest absolute Gasteiger partial charge is 0.349 e. The lowest BCUT2D eigenvalue weighted by atomic mass is 10.2. The Labute approximate surface area is 130 Å². The fourth-order valence-electron chi connectivity index (χ4n) is 1.79. The van der Waals surface area contributed by atoms with Crippen LogP contribution in [0.5, 0.6) is 0 Å². The first kappa shape index (κ1) is 14.0. The molecule has 0 aliphatic heterocycles. The number of carbonyl (C=O) groups is 2. The van der Waals surface area contributed by atoms with E-state index in [1.54, 1.807) is 17.5 Å². The average molecular weight is 322 g/mol. The Balaban J connectivity index is 1.74. The van der Waals surface area contributed by atoms with Gasteiger partial charge in [-0.15, -0.1) is 11.3 Å². The van der Waals surface area contributed by atoms with Crippen LogP contribution in [0, 0.1) is 0 Å². The number of halogens is 1. The average Bonchev–Trinajstić information content (AvgIpc) is 3.14. The van der Waals surface area contributed by atoms with Gasteiger partial charge in [0.25, 0.3) is 11.8 Å². The molecule has 0 spiro atoms. The van der Waals surface area contributed by atoms with Crippen molar-refractivity contribution in [1.29, 1.82) is 0 Å². The first-order valence-corrected chi connectivity index (χ1v) is 7.70. The van der Waals surface area contributed by atoms with Crippen molar-refractivity contribution in [3.05, 3.63) is 46.1 Å². The minimum absolute atomic E-state index is 0.151. The van der Waals surface area contributed by atoms with Crippen LogP contribution in [0.15, 0.2) is 29.8 Å². The summed E-state index contributed by atoms with van der Waals surface area (Å²) in [5.41, 5.74) is 0.886. The molecule has 3 rings (SSSR count). The van der Waals surface area contributed by atoms with Crippen LogP contribution in [-0.2, 0) is 0 Å². The van der Waals surface area contributed by atoms with Crippen LogP contribution in [0.2, 0.25) is 5.15 Å². The molecule has 0 radical (unpaired) electrons. The zero-order chi connectivity index (χ0) is 14.8. The maximum atomic E-state index is 12.2. The number of pyridine rings is 1. The highest BCUT2D eigenvalue weighted by molar-refractivity contribution is 7.14. The number of nitrogens with one attached hydrogen (secondary N) is 2. The molecule has 2 amide bonds. The Kier molecular flexibility index (Phi) is 3.90. The highest BCUT2D eigenvalue weighted by Crippen LogP contribution is 2.26. The molecule has 1 aliphatic carbocycles. The van der Waals surface area contributed by atoms with Crippen LogP contribution in [0.4, 0.5) is 5.00 Å². The number of thiophene rings is 1. The summed E-state index contributed by atoms with van der Waals surface area (Å²) in [5, 5.41) is 8.20. The van der Waals surface area contributed by atoms with Crippen LogP contribution in [0.3, 0.4) is 0 Å². The van der Waals surface area contributed by atoms with Gasteiger partial charge in [0.05, 0.1) is 5.56 Å². The Morgan fingerprint density at radius 1 is 1.29 bits per heavy atom. The van der Waals surface area contributed by atoms with E-state index >= 15 is 0 Å². The van der Waals surface area contributed by atoms with E-state index in [1.807, 2.05) is 0 Å². The van der Waals surface area contributed by atoms with Crippen molar-refractivity contribution in [2.45, 2.75) is 18.9 Å². The van der Waals surface area contributed by atoms with Crippen molar-refractivity contribution >= 4 is 39.8 Å². The van der Waals surface area contributed by atoms with Crippen molar-refractivity contribution < 1.29 is 9.59 Å². The highest BCUT2D eigenvalue weighted by Gasteiger charge is 2.25. The molecule has 0 bridgehead atoms. The van der Waals surface area contributed by atoms with Gasteiger partial charge in [-0.25, -0.2) is 4.98 Å². The zero-order valence-electron chi connectivity index (χ0n) is 10.9. The topological polar surface area (TPSA) is 71.1 Å². The molecule has 0 saturated heterocycles. The number of amides is 2. The van der Waals surface area contributed by atoms with E-state index < -0.39 is 0 Å². The van der Waals surface area contributed by atoms with Gasteiger partial charge in [-0.3, -0.25) is 9.59 Å². The van der Waals surface area contributed by atoms with E-state index in [2.05, 4.69) is 15.6 Å². The molecule has 2 N–H and O–H groups in total. The van der Waals surface area contributed by atoms with Crippen molar-refractivity contribution in [1.82, 2.24) is 10.3 Å². The van der Waals surface area contributed by atoms with Gasteiger partial charge < -0.3 is 10.6 Å². The molecule has 1 saturated carbocycles. The van der Waals surface area contributed by atoms with Crippen molar-refractivity contribution in [2.24, 2.45) is 0 Å². The summed E-state index contributed by atoms with van der Waals surface area (Å²) in [4.78, 5) is 28.0. The SMILES string of the molecule is O=C(Nc1sccc1C(=O)NC1CC1)c1ccnc(Cl)c1. The summed E-state index contributed by atoms with van der Waals surface area (Å²) in [5.74, 6) is -0.468. The molecule has 2 aromatic rings. The van der Waals surface area contributed by atoms with Crippen LogP contribution < -0.4 is 10.6 Å². The van der Waals surface area contributed by atoms with Crippen LogP contribution >= 0.6 is 22.9 Å². The maximum Gasteiger partial charge on any atom is 0.256 e. The van der Waals surface area contributed by atoms with Gasteiger partial charge in [0, 0.05) is 17.8 Å². The first-order valence-electron chi connectivity index (χ1n) is 6.45. The number of anilines is 1. The normalized spacial score (nSPS) is 13.8. The second-order valence-corrected chi connectivity index (χ2v) is 6.04. The predicted molar refractivity (Wildman–Crippen MR) is 82.0 cm³/mol. The molecule has 1 fully saturated rings. The zero-order valence-corrected chi connectivity index (χ0v) is 12.5. The molecule has 2 aromatic heterocycles. The highest BCUT2D eigenvalue weighted by atomic mass is 35.5. The maximum absolute atomic E-state index is 12.2. The van der Waals surface area contributed by atoms with Gasteiger partial charge in [-0.2, -0.15) is 0 Å². The van der Waals surface area contributed by atoms with Gasteiger partial charge in [0.2, 0.25) is 0 Å². The summed E-state index contributed by atoms with van der Waals surface area (Å²) < 4.78 is 0. The minimum Gasteiger partial charge on any atom is -0.349 e. The number of aromatic nitrogens is 1. The Morgan fingerprint density at radius 3 is 2.81 bits per heavy atom. The van der Waals surface area contributed by atoms with E-state index in [0.717, 1.165) is 12.8 Å². The summed E-state index contributed by atoms with van der Waals surface area (Å²) in [6.45, 7) is 0. The molecule has 108 valence electrons. The first-order chi connectivity index (χ1) is 10.1. The van der Waals surface area contributed by atoms with E-state index in [4.69, 9.17) is 11.6 Å². The number of hydrogen-bond donors (Lipinski definition) is 2. The molecule has 21 heavy (non-hydrogen) atoms. The molecular weight excluding hydrogens is 310 g/mol. The monoisotopic (exact) mass is 321 g/mol. The standard InChI is InChI=1S/C14H12ClN3O2S/c15-11-7-8(3-5-16-11)12(19)18-14-10(4-6-21-14)13(20)17-9-1-2-9/h3-7,9H,1-2H2,(H,17,20)(H,18,19). The minimum atomic E-state index is -0.317. The number of rotatable bonds is 4. The van der Waals surface area contributed by atoms with Crippen LogP contribution in [-0.4, -0.2) is 22.8 Å². The molecule has 7 heteroatoms. The summed E-state index contributed by atoms with van der Waals surface area (Å²) in [7, 11) is 0. The Bertz CT molecular complexity index is 697. The third-order valence-corrected chi connectivity index (χ3v) is 4.07. The molecule has 1 aliphatic rings. The molecule has 0 atom stereocenters. The third kappa shape index (κ3) is 3.40. The van der Waals surface area contributed by atoms with E-state index in [1.165, 1.54) is 23.6 Å². The fourth-order valence-corrected chi connectivity index (χ4v) is 2.75. The second-order valence-electron chi connectivity index (χ2n) is 4.73. The van der Waals surface area contributed by atoms with Crippen LogP contribution in [0.25, 0.3) is 0 Å².